The van der Waals surface area contributed by atoms with Crippen molar-refractivity contribution in [3.8, 4) is 16.9 Å². The summed E-state index contributed by atoms with van der Waals surface area (Å²) in [6, 6.07) is 18.8. The average Bonchev–Trinajstić information content (AvgIpc) is 3.08. The molecule has 38 heavy (non-hydrogen) atoms. The van der Waals surface area contributed by atoms with Crippen LogP contribution in [0.3, 0.4) is 0 Å². The van der Waals surface area contributed by atoms with Gasteiger partial charge in [0.2, 0.25) is 0 Å². The molecule has 9 nitrogen and oxygen atoms in total. The van der Waals surface area contributed by atoms with E-state index in [1.54, 1.807) is 24.3 Å². The molecular formula is C28H31N3O6S. The standard InChI is InChI=1S/C28H31N3O6S/c1-30-13-6-14-31(16-15-30)19-20-9-12-26(32)24(17-20)27(33)29-25-18-22(21-7-4-3-5-8-21)10-11-23(25)28(34)37-38(2,35)36/h3-5,7-12,17-18,32H,6,13-16,19H2,1-2H3,(H,29,33). The number of likely N-dealkylation sites (N-methyl/N-ethyl adjacent to an activating group) is 1. The largest absolute Gasteiger partial charge is 0.507 e. The quantitative estimate of drug-likeness (QED) is 0.440. The van der Waals surface area contributed by atoms with Crippen LogP contribution in [0, 0.1) is 0 Å². The van der Waals surface area contributed by atoms with Gasteiger partial charge in [0.05, 0.1) is 23.1 Å². The van der Waals surface area contributed by atoms with Gasteiger partial charge in [-0.1, -0.05) is 42.5 Å². The molecule has 0 atom stereocenters. The van der Waals surface area contributed by atoms with Crippen molar-refractivity contribution in [2.45, 2.75) is 13.0 Å². The summed E-state index contributed by atoms with van der Waals surface area (Å²) >= 11 is 0. The van der Waals surface area contributed by atoms with E-state index in [9.17, 15) is 23.1 Å². The fraction of sp³-hybridized carbons (Fsp3) is 0.286. The van der Waals surface area contributed by atoms with Crippen LogP contribution in [0.15, 0.2) is 66.7 Å². The number of rotatable bonds is 7. The maximum atomic E-state index is 13.3. The molecule has 1 fully saturated rings. The third-order valence-electron chi connectivity index (χ3n) is 6.35. The Kier molecular flexibility index (Phi) is 8.45. The highest BCUT2D eigenvalue weighted by Crippen LogP contribution is 2.28. The van der Waals surface area contributed by atoms with Crippen LogP contribution in [0.1, 0.15) is 32.7 Å². The monoisotopic (exact) mass is 537 g/mol. The second kappa shape index (κ2) is 11.8. The number of phenolic OH excluding ortho intramolecular Hbond substituents is 1. The predicted octanol–water partition coefficient (Wildman–Crippen LogP) is 3.57. The Labute approximate surface area is 222 Å². The summed E-state index contributed by atoms with van der Waals surface area (Å²) in [6.45, 7) is 4.45. The van der Waals surface area contributed by atoms with Crippen LogP contribution in [0.5, 0.6) is 5.75 Å². The third-order valence-corrected chi connectivity index (χ3v) is 6.80. The third kappa shape index (κ3) is 7.18. The van der Waals surface area contributed by atoms with Crippen molar-refractivity contribution in [2.24, 2.45) is 0 Å². The van der Waals surface area contributed by atoms with Gasteiger partial charge in [0.1, 0.15) is 5.75 Å². The van der Waals surface area contributed by atoms with Gasteiger partial charge in [0.15, 0.2) is 0 Å². The smallest absolute Gasteiger partial charge is 0.355 e. The van der Waals surface area contributed by atoms with E-state index in [0.717, 1.165) is 50.0 Å². The average molecular weight is 538 g/mol. The first-order valence-corrected chi connectivity index (χ1v) is 14.1. The number of carbonyl (C=O) groups excluding carboxylic acids is 2. The topological polar surface area (TPSA) is 116 Å². The molecule has 0 aromatic heterocycles. The van der Waals surface area contributed by atoms with Crippen molar-refractivity contribution in [3.05, 3.63) is 83.4 Å². The highest BCUT2D eigenvalue weighted by Gasteiger charge is 2.22. The number of benzene rings is 3. The van der Waals surface area contributed by atoms with Gasteiger partial charge in [-0.3, -0.25) is 9.69 Å². The molecule has 4 rings (SSSR count). The SMILES string of the molecule is CN1CCCN(Cc2ccc(O)c(C(=O)Nc3cc(-c4ccccc4)ccc3C(=O)OS(C)(=O)=O)c2)CC1. The van der Waals surface area contributed by atoms with Gasteiger partial charge in [0.25, 0.3) is 5.91 Å². The molecule has 0 saturated carbocycles. The van der Waals surface area contributed by atoms with Crippen LogP contribution in [0.25, 0.3) is 11.1 Å². The first-order chi connectivity index (χ1) is 18.1. The number of nitrogens with zero attached hydrogens (tertiary/aromatic N) is 2. The van der Waals surface area contributed by atoms with Crippen molar-refractivity contribution in [2.75, 3.05) is 44.8 Å². The number of hydrogen-bond acceptors (Lipinski definition) is 8. The van der Waals surface area contributed by atoms with E-state index in [1.165, 1.54) is 12.1 Å². The van der Waals surface area contributed by atoms with Crippen LogP contribution < -0.4 is 5.32 Å². The minimum Gasteiger partial charge on any atom is -0.507 e. The number of nitrogens with one attached hydrogen (secondary N) is 1. The van der Waals surface area contributed by atoms with Gasteiger partial charge in [0, 0.05) is 19.6 Å². The molecule has 0 bridgehead atoms. The lowest BCUT2D eigenvalue weighted by Crippen LogP contribution is -2.28. The van der Waals surface area contributed by atoms with E-state index in [1.807, 2.05) is 30.3 Å². The number of hydrogen-bond donors (Lipinski definition) is 2. The molecule has 3 aromatic carbocycles. The summed E-state index contributed by atoms with van der Waals surface area (Å²) in [5.41, 5.74) is 2.37. The molecule has 0 radical (unpaired) electrons. The van der Waals surface area contributed by atoms with Crippen LogP contribution >= 0.6 is 0 Å². The Morgan fingerprint density at radius 3 is 2.42 bits per heavy atom. The van der Waals surface area contributed by atoms with E-state index in [-0.39, 0.29) is 22.6 Å². The Bertz CT molecular complexity index is 1430. The molecule has 1 saturated heterocycles. The van der Waals surface area contributed by atoms with Gasteiger partial charge in [-0.15, -0.1) is 0 Å². The van der Waals surface area contributed by atoms with E-state index in [4.69, 9.17) is 0 Å². The lowest BCUT2D eigenvalue weighted by Gasteiger charge is -2.20. The molecule has 0 spiro atoms. The Morgan fingerprint density at radius 2 is 1.68 bits per heavy atom. The van der Waals surface area contributed by atoms with E-state index >= 15 is 0 Å². The van der Waals surface area contributed by atoms with Gasteiger partial charge in [-0.05, 0) is 67.5 Å². The van der Waals surface area contributed by atoms with Crippen molar-refractivity contribution in [1.29, 1.82) is 0 Å². The first kappa shape index (κ1) is 27.3. The summed E-state index contributed by atoms with van der Waals surface area (Å²) < 4.78 is 27.7. The van der Waals surface area contributed by atoms with Gasteiger partial charge < -0.3 is 19.5 Å². The lowest BCUT2D eigenvalue weighted by atomic mass is 10.0. The van der Waals surface area contributed by atoms with Crippen molar-refractivity contribution < 1.29 is 27.3 Å². The van der Waals surface area contributed by atoms with Crippen LogP contribution in [0.2, 0.25) is 0 Å². The van der Waals surface area contributed by atoms with Crippen LogP contribution in [0.4, 0.5) is 5.69 Å². The maximum absolute atomic E-state index is 13.3. The molecule has 3 aromatic rings. The molecule has 1 amide bonds. The van der Waals surface area contributed by atoms with Gasteiger partial charge >= 0.3 is 16.1 Å². The van der Waals surface area contributed by atoms with Crippen molar-refractivity contribution in [1.82, 2.24) is 9.80 Å². The minimum absolute atomic E-state index is 0.0435. The summed E-state index contributed by atoms with van der Waals surface area (Å²) in [5.74, 6) is -1.97. The molecule has 1 aliphatic heterocycles. The zero-order chi connectivity index (χ0) is 27.3. The highest BCUT2D eigenvalue weighted by molar-refractivity contribution is 7.86. The molecule has 10 heteroatoms. The fourth-order valence-electron chi connectivity index (χ4n) is 4.39. The van der Waals surface area contributed by atoms with Crippen molar-refractivity contribution >= 4 is 27.7 Å². The van der Waals surface area contributed by atoms with E-state index in [2.05, 4.69) is 26.3 Å². The van der Waals surface area contributed by atoms with Crippen LogP contribution in [-0.4, -0.2) is 74.7 Å². The normalized spacial score (nSPS) is 15.0. The Morgan fingerprint density at radius 1 is 0.921 bits per heavy atom. The zero-order valence-corrected chi connectivity index (χ0v) is 22.2. The minimum atomic E-state index is -4.07. The Balaban J connectivity index is 1.62. The van der Waals surface area contributed by atoms with Crippen LogP contribution in [-0.2, 0) is 20.8 Å². The Hall–Kier alpha value is -3.73. The van der Waals surface area contributed by atoms with Gasteiger partial charge in [-0.25, -0.2) is 4.79 Å². The lowest BCUT2D eigenvalue weighted by molar-refractivity contribution is 0.0749. The molecule has 1 aliphatic rings. The number of aromatic hydroxyl groups is 1. The highest BCUT2D eigenvalue weighted by atomic mass is 32.2. The predicted molar refractivity (Wildman–Crippen MR) is 146 cm³/mol. The molecule has 0 aliphatic carbocycles. The van der Waals surface area contributed by atoms with E-state index in [0.29, 0.717) is 12.1 Å². The molecule has 1 heterocycles. The molecular weight excluding hydrogens is 506 g/mol. The summed E-state index contributed by atoms with van der Waals surface area (Å²) in [5, 5.41) is 13.2. The molecule has 2 N–H and O–H groups in total. The summed E-state index contributed by atoms with van der Waals surface area (Å²) in [7, 11) is -1.98. The summed E-state index contributed by atoms with van der Waals surface area (Å²) in [4.78, 5) is 30.5. The number of phenols is 1. The van der Waals surface area contributed by atoms with Gasteiger partial charge in [-0.2, -0.15) is 8.42 Å². The second-order valence-electron chi connectivity index (χ2n) is 9.44. The van der Waals surface area contributed by atoms with Crippen molar-refractivity contribution in [3.63, 3.8) is 0 Å². The zero-order valence-electron chi connectivity index (χ0n) is 21.4. The first-order valence-electron chi connectivity index (χ1n) is 12.3. The maximum Gasteiger partial charge on any atom is 0.355 e. The number of amides is 1. The fourth-order valence-corrected chi connectivity index (χ4v) is 4.75. The summed E-state index contributed by atoms with van der Waals surface area (Å²) in [6.07, 6.45) is 1.82. The number of anilines is 1. The molecule has 200 valence electrons. The number of carbonyl (C=O) groups is 2. The molecule has 0 unspecified atom stereocenters. The van der Waals surface area contributed by atoms with E-state index < -0.39 is 22.0 Å². The second-order valence-corrected chi connectivity index (χ2v) is 11.0.